The van der Waals surface area contributed by atoms with Crippen molar-refractivity contribution < 1.29 is 19.8 Å². The van der Waals surface area contributed by atoms with Crippen molar-refractivity contribution in [3.05, 3.63) is 41.8 Å². The molecule has 7 nitrogen and oxygen atoms in total. The van der Waals surface area contributed by atoms with Gasteiger partial charge in [-0.05, 0) is 43.3 Å². The molecular formula is C16H17N3O4S. The van der Waals surface area contributed by atoms with Crippen LogP contribution in [0.5, 0.6) is 0 Å². The smallest absolute Gasteiger partial charge is 0.369 e. The van der Waals surface area contributed by atoms with Gasteiger partial charge in [-0.15, -0.1) is 5.11 Å². The zero-order chi connectivity index (χ0) is 17.1. The molecule has 1 aromatic rings. The van der Waals surface area contributed by atoms with Gasteiger partial charge < -0.3 is 10.2 Å². The highest BCUT2D eigenvalue weighted by Gasteiger charge is 2.45. The Balaban J connectivity index is 1.63. The first-order valence-electron chi connectivity index (χ1n) is 7.65. The number of nitrogens with zero attached hydrogens (tertiary/aromatic N) is 2. The maximum Gasteiger partial charge on any atom is 0.369 e. The number of aliphatic hydroxyl groups excluding tert-OH is 2. The van der Waals surface area contributed by atoms with Crippen molar-refractivity contribution in [1.82, 2.24) is 4.72 Å². The van der Waals surface area contributed by atoms with E-state index in [1.807, 2.05) is 30.3 Å². The first-order chi connectivity index (χ1) is 11.6. The fourth-order valence-corrected chi connectivity index (χ4v) is 3.59. The Labute approximate surface area is 143 Å². The van der Waals surface area contributed by atoms with Crippen LogP contribution in [0.1, 0.15) is 19.3 Å². The number of nitrogens with one attached hydrogen (secondary N) is 1. The molecule has 0 heterocycles. The molecule has 1 aromatic carbocycles. The summed E-state index contributed by atoms with van der Waals surface area (Å²) in [5.74, 6) is -1.27. The third-order valence-electron chi connectivity index (χ3n) is 4.23. The minimum Gasteiger partial charge on any atom is -0.510 e. The van der Waals surface area contributed by atoms with Gasteiger partial charge in [0.05, 0.1) is 6.10 Å². The average Bonchev–Trinajstić information content (AvgIpc) is 2.82. The van der Waals surface area contributed by atoms with Crippen molar-refractivity contribution in [1.29, 1.82) is 0 Å². The summed E-state index contributed by atoms with van der Waals surface area (Å²) in [7, 11) is 0. The summed E-state index contributed by atoms with van der Waals surface area (Å²) in [5, 5.41) is 26.9. The average molecular weight is 347 g/mol. The fourth-order valence-electron chi connectivity index (χ4n) is 3.05. The van der Waals surface area contributed by atoms with E-state index in [2.05, 4.69) is 15.0 Å². The predicted molar refractivity (Wildman–Crippen MR) is 87.2 cm³/mol. The molecule has 0 saturated heterocycles. The highest BCUT2D eigenvalue weighted by Crippen LogP contribution is 2.43. The summed E-state index contributed by atoms with van der Waals surface area (Å²) >= 11 is 1.08. The quantitative estimate of drug-likeness (QED) is 0.575. The van der Waals surface area contributed by atoms with E-state index in [-0.39, 0.29) is 23.2 Å². The molecule has 3 atom stereocenters. The molecule has 2 aliphatic rings. The van der Waals surface area contributed by atoms with E-state index in [9.17, 15) is 19.8 Å². The lowest BCUT2D eigenvalue weighted by Gasteiger charge is -2.27. The van der Waals surface area contributed by atoms with Crippen molar-refractivity contribution in [2.24, 2.45) is 22.1 Å². The Morgan fingerprint density at radius 3 is 2.71 bits per heavy atom. The Bertz CT molecular complexity index is 705. The first kappa shape index (κ1) is 16.7. The number of hydrogen-bond acceptors (Lipinski definition) is 6. The molecule has 1 saturated carbocycles. The Hall–Kier alpha value is -2.19. The van der Waals surface area contributed by atoms with E-state index in [0.29, 0.717) is 19.3 Å². The summed E-state index contributed by atoms with van der Waals surface area (Å²) < 4.78 is 2.48. The molecule has 0 radical (unpaired) electrons. The molecule has 0 spiro atoms. The number of carbonyl (C=O) groups excluding carboxylic acids is 2. The van der Waals surface area contributed by atoms with E-state index in [1.54, 1.807) is 0 Å². The van der Waals surface area contributed by atoms with Crippen molar-refractivity contribution in [3.63, 3.8) is 0 Å². The van der Waals surface area contributed by atoms with Gasteiger partial charge in [0.15, 0.2) is 11.5 Å². The normalized spacial score (nSPS) is 26.7. The number of urea groups is 1. The topological polar surface area (TPSA) is 111 Å². The highest BCUT2D eigenvalue weighted by atomic mass is 32.2. The Morgan fingerprint density at radius 2 is 1.96 bits per heavy atom. The predicted octanol–water partition coefficient (Wildman–Crippen LogP) is 2.99. The molecule has 24 heavy (non-hydrogen) atoms. The van der Waals surface area contributed by atoms with Gasteiger partial charge in [-0.25, -0.2) is 4.79 Å². The van der Waals surface area contributed by atoms with E-state index in [0.717, 1.165) is 16.8 Å². The SMILES string of the molecule is O=C(N=NC1=C(O)C2CC(O)CCC2C1=O)NSc1ccccc1. The van der Waals surface area contributed by atoms with E-state index in [4.69, 9.17) is 0 Å². The number of benzene rings is 1. The molecule has 0 bridgehead atoms. The second-order valence-corrected chi connectivity index (χ2v) is 6.68. The van der Waals surface area contributed by atoms with Crippen molar-refractivity contribution in [2.45, 2.75) is 30.3 Å². The first-order valence-corrected chi connectivity index (χ1v) is 8.47. The number of allylic oxidation sites excluding steroid dienone is 2. The summed E-state index contributed by atoms with van der Waals surface area (Å²) in [4.78, 5) is 24.8. The molecule has 3 rings (SSSR count). The molecule has 2 aliphatic carbocycles. The van der Waals surface area contributed by atoms with Crippen molar-refractivity contribution in [2.75, 3.05) is 0 Å². The zero-order valence-electron chi connectivity index (χ0n) is 12.8. The summed E-state index contributed by atoms with van der Waals surface area (Å²) in [6.45, 7) is 0. The number of rotatable bonds is 3. The van der Waals surface area contributed by atoms with Crippen LogP contribution in [-0.2, 0) is 4.79 Å². The molecule has 3 N–H and O–H groups in total. The highest BCUT2D eigenvalue weighted by molar-refractivity contribution is 7.98. The van der Waals surface area contributed by atoms with Crippen LogP contribution < -0.4 is 4.72 Å². The Kier molecular flexibility index (Phi) is 4.96. The van der Waals surface area contributed by atoms with Gasteiger partial charge in [0.1, 0.15) is 5.76 Å². The molecule has 3 unspecified atom stereocenters. The summed E-state index contributed by atoms with van der Waals surface area (Å²) in [6.07, 6.45) is 0.836. The van der Waals surface area contributed by atoms with Gasteiger partial charge in [0.25, 0.3) is 0 Å². The van der Waals surface area contributed by atoms with Gasteiger partial charge in [0, 0.05) is 16.7 Å². The summed E-state index contributed by atoms with van der Waals surface area (Å²) in [5.41, 5.74) is -0.168. The van der Waals surface area contributed by atoms with Crippen LogP contribution in [0.15, 0.2) is 56.9 Å². The van der Waals surface area contributed by atoms with Crippen LogP contribution >= 0.6 is 11.9 Å². The number of fused-ring (bicyclic) bond motifs is 1. The van der Waals surface area contributed by atoms with Gasteiger partial charge in [0.2, 0.25) is 0 Å². The van der Waals surface area contributed by atoms with Crippen LogP contribution in [0.2, 0.25) is 0 Å². The monoisotopic (exact) mass is 347 g/mol. The molecule has 0 aromatic heterocycles. The van der Waals surface area contributed by atoms with E-state index >= 15 is 0 Å². The van der Waals surface area contributed by atoms with Crippen LogP contribution in [0, 0.1) is 11.8 Å². The maximum absolute atomic E-state index is 12.3. The fraction of sp³-hybridized carbons (Fsp3) is 0.375. The number of ketones is 1. The van der Waals surface area contributed by atoms with Gasteiger partial charge in [-0.1, -0.05) is 23.3 Å². The van der Waals surface area contributed by atoms with Crippen LogP contribution in [0.3, 0.4) is 0 Å². The third kappa shape index (κ3) is 3.49. The van der Waals surface area contributed by atoms with Gasteiger partial charge in [-0.2, -0.15) is 0 Å². The van der Waals surface area contributed by atoms with E-state index < -0.39 is 18.1 Å². The van der Waals surface area contributed by atoms with Crippen molar-refractivity contribution >= 4 is 23.8 Å². The molecule has 2 amide bonds. The molecule has 126 valence electrons. The minimum atomic E-state index is -0.716. The number of aliphatic hydroxyl groups is 2. The van der Waals surface area contributed by atoms with Crippen LogP contribution in [0.25, 0.3) is 0 Å². The zero-order valence-corrected chi connectivity index (χ0v) is 13.6. The van der Waals surface area contributed by atoms with Gasteiger partial charge in [-0.3, -0.25) is 9.52 Å². The lowest BCUT2D eigenvalue weighted by Crippen LogP contribution is -2.29. The largest absolute Gasteiger partial charge is 0.510 e. The molecule has 1 fully saturated rings. The Morgan fingerprint density at radius 1 is 1.21 bits per heavy atom. The molecule has 0 aliphatic heterocycles. The third-order valence-corrected chi connectivity index (χ3v) is 5.01. The summed E-state index contributed by atoms with van der Waals surface area (Å²) in [6, 6.07) is 8.48. The number of Topliss-reactive ketones (excluding diaryl/α,β-unsaturated/α-hetero) is 1. The number of amides is 2. The van der Waals surface area contributed by atoms with Crippen molar-refractivity contribution in [3.8, 4) is 0 Å². The number of carbonyl (C=O) groups is 2. The van der Waals surface area contributed by atoms with Crippen LogP contribution in [0.4, 0.5) is 4.79 Å². The second-order valence-electron chi connectivity index (χ2n) is 5.80. The van der Waals surface area contributed by atoms with Gasteiger partial charge >= 0.3 is 6.03 Å². The number of azo groups is 1. The number of hydrogen-bond donors (Lipinski definition) is 3. The molecule has 8 heteroatoms. The van der Waals surface area contributed by atoms with E-state index in [1.165, 1.54) is 0 Å². The lowest BCUT2D eigenvalue weighted by molar-refractivity contribution is -0.120. The molecular weight excluding hydrogens is 330 g/mol. The minimum absolute atomic E-state index is 0.168. The standard InChI is InChI=1S/C16H17N3O4S/c20-9-6-7-11-12(8-9)15(22)13(14(11)21)17-18-16(23)19-24-10-4-2-1-3-5-10/h1-5,9,11-12,20,22H,6-8H2,(H,19,23). The lowest BCUT2D eigenvalue weighted by atomic mass is 9.79. The maximum atomic E-state index is 12.3. The van der Waals surface area contributed by atoms with Crippen LogP contribution in [-0.4, -0.2) is 28.1 Å². The second kappa shape index (κ2) is 7.14.